The predicted octanol–water partition coefficient (Wildman–Crippen LogP) is 3.99. The molecule has 0 aliphatic heterocycles. The molecular weight excluding hydrogens is 330 g/mol. The summed E-state index contributed by atoms with van der Waals surface area (Å²) >= 11 is 11.8. The first-order valence-corrected chi connectivity index (χ1v) is 7.16. The van der Waals surface area contributed by atoms with E-state index >= 15 is 0 Å². The second-order valence-electron chi connectivity index (χ2n) is 4.47. The lowest BCUT2D eigenvalue weighted by Gasteiger charge is -2.14. The summed E-state index contributed by atoms with van der Waals surface area (Å²) in [5.74, 6) is -0.532. The SMILES string of the molecule is O=C(NC[C@H](O)c1ccccc1F)Nc1cccc(Cl)c1Cl. The highest BCUT2D eigenvalue weighted by Crippen LogP contribution is 2.29. The summed E-state index contributed by atoms with van der Waals surface area (Å²) in [7, 11) is 0. The lowest BCUT2D eigenvalue weighted by Crippen LogP contribution is -2.32. The summed E-state index contributed by atoms with van der Waals surface area (Å²) in [6.07, 6.45) is -1.15. The minimum atomic E-state index is -1.15. The Labute approximate surface area is 136 Å². The van der Waals surface area contributed by atoms with Crippen LogP contribution in [0.4, 0.5) is 14.9 Å². The van der Waals surface area contributed by atoms with Gasteiger partial charge in [-0.05, 0) is 18.2 Å². The summed E-state index contributed by atoms with van der Waals surface area (Å²) in [4.78, 5) is 11.8. The largest absolute Gasteiger partial charge is 0.386 e. The second-order valence-corrected chi connectivity index (χ2v) is 5.26. The van der Waals surface area contributed by atoms with E-state index in [4.69, 9.17) is 23.2 Å². The number of carbonyl (C=O) groups is 1. The van der Waals surface area contributed by atoms with E-state index in [2.05, 4.69) is 10.6 Å². The number of hydrogen-bond donors (Lipinski definition) is 3. The highest BCUT2D eigenvalue weighted by atomic mass is 35.5. The van der Waals surface area contributed by atoms with Gasteiger partial charge >= 0.3 is 6.03 Å². The fraction of sp³-hybridized carbons (Fsp3) is 0.133. The van der Waals surface area contributed by atoms with Crippen LogP contribution in [0.5, 0.6) is 0 Å². The van der Waals surface area contributed by atoms with Crippen LogP contribution in [0.25, 0.3) is 0 Å². The molecule has 0 radical (unpaired) electrons. The van der Waals surface area contributed by atoms with Crippen LogP contribution in [0, 0.1) is 5.82 Å². The van der Waals surface area contributed by atoms with Gasteiger partial charge < -0.3 is 15.7 Å². The molecule has 2 aromatic rings. The van der Waals surface area contributed by atoms with Gasteiger partial charge in [0.05, 0.1) is 21.8 Å². The summed E-state index contributed by atoms with van der Waals surface area (Å²) < 4.78 is 13.5. The molecule has 0 heterocycles. The van der Waals surface area contributed by atoms with Crippen LogP contribution in [0.1, 0.15) is 11.7 Å². The maximum atomic E-state index is 13.5. The Hall–Kier alpha value is -1.82. The van der Waals surface area contributed by atoms with E-state index in [1.165, 1.54) is 18.2 Å². The van der Waals surface area contributed by atoms with E-state index in [0.717, 1.165) is 0 Å². The van der Waals surface area contributed by atoms with Crippen molar-refractivity contribution in [3.05, 3.63) is 63.9 Å². The van der Waals surface area contributed by atoms with Gasteiger partial charge in [-0.1, -0.05) is 47.5 Å². The zero-order valence-electron chi connectivity index (χ0n) is 11.3. The molecule has 0 unspecified atom stereocenters. The molecular formula is C15H13Cl2FN2O2. The van der Waals surface area contributed by atoms with Gasteiger partial charge in [0.25, 0.3) is 0 Å². The third-order valence-corrected chi connectivity index (χ3v) is 3.74. The smallest absolute Gasteiger partial charge is 0.319 e. The van der Waals surface area contributed by atoms with Gasteiger partial charge in [-0.15, -0.1) is 0 Å². The fourth-order valence-corrected chi connectivity index (χ4v) is 2.16. The number of hydrogen-bond acceptors (Lipinski definition) is 2. The van der Waals surface area contributed by atoms with Crippen LogP contribution in [0.2, 0.25) is 10.0 Å². The van der Waals surface area contributed by atoms with Crippen LogP contribution in [-0.4, -0.2) is 17.7 Å². The molecule has 2 aromatic carbocycles. The van der Waals surface area contributed by atoms with Crippen molar-refractivity contribution in [1.29, 1.82) is 0 Å². The molecule has 7 heteroatoms. The van der Waals surface area contributed by atoms with Gasteiger partial charge in [-0.25, -0.2) is 9.18 Å². The predicted molar refractivity (Wildman–Crippen MR) is 84.8 cm³/mol. The van der Waals surface area contributed by atoms with Gasteiger partial charge in [0.1, 0.15) is 5.82 Å². The summed E-state index contributed by atoms with van der Waals surface area (Å²) in [6, 6.07) is 10.0. The Bertz CT molecular complexity index is 682. The van der Waals surface area contributed by atoms with Gasteiger partial charge in [0.2, 0.25) is 0 Å². The Morgan fingerprint density at radius 1 is 1.18 bits per heavy atom. The number of amides is 2. The number of aliphatic hydroxyl groups is 1. The third-order valence-electron chi connectivity index (χ3n) is 2.92. The number of anilines is 1. The first-order chi connectivity index (χ1) is 10.5. The van der Waals surface area contributed by atoms with E-state index < -0.39 is 18.0 Å². The minimum absolute atomic E-state index is 0.114. The number of carbonyl (C=O) groups excluding carboxylic acids is 1. The number of aliphatic hydroxyl groups excluding tert-OH is 1. The maximum Gasteiger partial charge on any atom is 0.319 e. The molecule has 3 N–H and O–H groups in total. The lowest BCUT2D eigenvalue weighted by molar-refractivity contribution is 0.170. The molecule has 0 aromatic heterocycles. The molecule has 0 spiro atoms. The van der Waals surface area contributed by atoms with E-state index in [1.807, 2.05) is 0 Å². The van der Waals surface area contributed by atoms with Crippen molar-refractivity contribution in [1.82, 2.24) is 5.32 Å². The van der Waals surface area contributed by atoms with Gasteiger partial charge in [0.15, 0.2) is 0 Å². The highest BCUT2D eigenvalue weighted by Gasteiger charge is 2.14. The number of nitrogens with one attached hydrogen (secondary N) is 2. The molecule has 22 heavy (non-hydrogen) atoms. The molecule has 1 atom stereocenters. The molecule has 0 aliphatic carbocycles. The zero-order valence-corrected chi connectivity index (χ0v) is 12.8. The number of urea groups is 1. The molecule has 0 saturated carbocycles. The summed E-state index contributed by atoms with van der Waals surface area (Å²) in [5, 5.41) is 15.3. The first kappa shape index (κ1) is 16.5. The molecule has 116 valence electrons. The van der Waals surface area contributed by atoms with Crippen molar-refractivity contribution in [3.8, 4) is 0 Å². The van der Waals surface area contributed by atoms with Crippen molar-refractivity contribution in [3.63, 3.8) is 0 Å². The second kappa shape index (κ2) is 7.45. The number of benzene rings is 2. The van der Waals surface area contributed by atoms with Crippen molar-refractivity contribution >= 4 is 34.9 Å². The van der Waals surface area contributed by atoms with Crippen molar-refractivity contribution in [2.24, 2.45) is 0 Å². The summed E-state index contributed by atoms with van der Waals surface area (Å²) in [5.41, 5.74) is 0.454. The van der Waals surface area contributed by atoms with Crippen LogP contribution < -0.4 is 10.6 Å². The van der Waals surface area contributed by atoms with Crippen molar-refractivity contribution < 1.29 is 14.3 Å². The standard InChI is InChI=1S/C15H13Cl2FN2O2/c16-10-5-3-7-12(14(10)17)20-15(22)19-8-13(21)9-4-1-2-6-11(9)18/h1-7,13,21H,8H2,(H2,19,20,22)/t13-/m0/s1. The fourth-order valence-electron chi connectivity index (χ4n) is 1.81. The third kappa shape index (κ3) is 4.10. The minimum Gasteiger partial charge on any atom is -0.386 e. The molecule has 0 fully saturated rings. The van der Waals surface area contributed by atoms with Gasteiger partial charge in [-0.3, -0.25) is 0 Å². The van der Waals surface area contributed by atoms with E-state index in [1.54, 1.807) is 24.3 Å². The monoisotopic (exact) mass is 342 g/mol. The Morgan fingerprint density at radius 3 is 2.64 bits per heavy atom. The Morgan fingerprint density at radius 2 is 1.91 bits per heavy atom. The van der Waals surface area contributed by atoms with Crippen molar-refractivity contribution in [2.45, 2.75) is 6.10 Å². The van der Waals surface area contributed by atoms with Crippen LogP contribution >= 0.6 is 23.2 Å². The van der Waals surface area contributed by atoms with Gasteiger partial charge in [-0.2, -0.15) is 0 Å². The molecule has 4 nitrogen and oxygen atoms in total. The van der Waals surface area contributed by atoms with Crippen LogP contribution in [-0.2, 0) is 0 Å². The van der Waals surface area contributed by atoms with Crippen molar-refractivity contribution in [2.75, 3.05) is 11.9 Å². The Balaban J connectivity index is 1.93. The average Bonchev–Trinajstić information content (AvgIpc) is 2.50. The molecule has 2 amide bonds. The summed E-state index contributed by atoms with van der Waals surface area (Å²) in [6.45, 7) is -0.148. The normalized spacial score (nSPS) is 11.8. The zero-order chi connectivity index (χ0) is 16.1. The van der Waals surface area contributed by atoms with Gasteiger partial charge in [0, 0.05) is 12.1 Å². The first-order valence-electron chi connectivity index (χ1n) is 6.40. The average molecular weight is 343 g/mol. The maximum absolute atomic E-state index is 13.5. The number of halogens is 3. The lowest BCUT2D eigenvalue weighted by atomic mass is 10.1. The quantitative estimate of drug-likeness (QED) is 0.786. The topological polar surface area (TPSA) is 61.4 Å². The molecule has 0 aliphatic rings. The molecule has 0 saturated heterocycles. The van der Waals surface area contributed by atoms with E-state index in [-0.39, 0.29) is 17.1 Å². The van der Waals surface area contributed by atoms with E-state index in [9.17, 15) is 14.3 Å². The molecule has 2 rings (SSSR count). The van der Waals surface area contributed by atoms with E-state index in [0.29, 0.717) is 10.7 Å². The van der Waals surface area contributed by atoms with Crippen LogP contribution in [0.15, 0.2) is 42.5 Å². The number of rotatable bonds is 4. The van der Waals surface area contributed by atoms with Crippen LogP contribution in [0.3, 0.4) is 0 Å². The molecule has 0 bridgehead atoms. The highest BCUT2D eigenvalue weighted by molar-refractivity contribution is 6.43. The Kier molecular flexibility index (Phi) is 5.60.